The van der Waals surface area contributed by atoms with Gasteiger partial charge in [-0.25, -0.2) is 0 Å². The largest absolute Gasteiger partial charge is 0.113 e. The first kappa shape index (κ1) is 23.9. The van der Waals surface area contributed by atoms with Crippen LogP contribution in [0.5, 0.6) is 0 Å². The highest BCUT2D eigenvalue weighted by atomic mass is 28.3. The predicted octanol–water partition coefficient (Wildman–Crippen LogP) is 9.78. The van der Waals surface area contributed by atoms with Gasteiger partial charge in [-0.05, 0) is 95.4 Å². The Morgan fingerprint density at radius 2 is 0.919 bits per heavy atom. The molecule has 0 amide bonds. The molecule has 0 saturated heterocycles. The number of allylic oxidation sites excluding steroid dienone is 2. The molecular weight excluding hydrogens is 460 g/mol. The van der Waals surface area contributed by atoms with Crippen molar-refractivity contribution in [2.45, 2.75) is 53.6 Å². The minimum Gasteiger partial charge on any atom is -0.0686 e. The molecule has 1 heteroatoms. The highest BCUT2D eigenvalue weighted by molar-refractivity contribution is 7.09. The van der Waals surface area contributed by atoms with Gasteiger partial charge in [-0.2, -0.15) is 0 Å². The summed E-state index contributed by atoms with van der Waals surface area (Å²) in [6.45, 7) is 14.4. The first-order valence-corrected chi connectivity index (χ1v) is 16.5. The van der Waals surface area contributed by atoms with E-state index in [4.69, 9.17) is 0 Å². The molecule has 0 aromatic heterocycles. The van der Waals surface area contributed by atoms with Crippen molar-refractivity contribution in [2.75, 3.05) is 0 Å². The zero-order valence-corrected chi connectivity index (χ0v) is 24.0. The smallest absolute Gasteiger partial charge is 0.0686 e. The summed E-state index contributed by atoms with van der Waals surface area (Å²) in [5.74, 6) is 0. The van der Waals surface area contributed by atoms with E-state index >= 15 is 0 Å². The number of rotatable bonds is 4. The summed E-state index contributed by atoms with van der Waals surface area (Å²) in [7, 11) is -2.06. The van der Waals surface area contributed by atoms with Crippen LogP contribution in [0.3, 0.4) is 0 Å². The van der Waals surface area contributed by atoms with Gasteiger partial charge in [0.25, 0.3) is 0 Å². The molecule has 184 valence electrons. The molecule has 0 heterocycles. The average molecular weight is 497 g/mol. The predicted molar refractivity (Wildman–Crippen MR) is 163 cm³/mol. The van der Waals surface area contributed by atoms with E-state index in [1.165, 1.54) is 55.6 Å². The lowest BCUT2D eigenvalue weighted by Crippen LogP contribution is -2.31. The lowest BCUT2D eigenvalue weighted by Gasteiger charge is -2.32. The molecule has 2 aliphatic rings. The van der Waals surface area contributed by atoms with Gasteiger partial charge in [-0.15, -0.1) is 0 Å². The lowest BCUT2D eigenvalue weighted by atomic mass is 9.96. The number of benzene rings is 4. The first-order chi connectivity index (χ1) is 17.8. The maximum absolute atomic E-state index is 2.61. The number of hydrogen-bond acceptors (Lipinski definition) is 0. The fourth-order valence-electron chi connectivity index (χ4n) is 7.18. The van der Waals surface area contributed by atoms with Gasteiger partial charge in [0.2, 0.25) is 0 Å². The van der Waals surface area contributed by atoms with E-state index in [1.54, 1.807) is 21.5 Å². The van der Waals surface area contributed by atoms with E-state index < -0.39 is 8.07 Å². The van der Waals surface area contributed by atoms with Crippen LogP contribution >= 0.6 is 0 Å². The molecule has 0 aliphatic heterocycles. The van der Waals surface area contributed by atoms with Gasteiger partial charge >= 0.3 is 0 Å². The average Bonchev–Trinajstić information content (AvgIpc) is 3.39. The van der Waals surface area contributed by atoms with Crippen molar-refractivity contribution in [1.82, 2.24) is 0 Å². The summed E-state index contributed by atoms with van der Waals surface area (Å²) in [6, 6.07) is 32.0. The first-order valence-electron chi connectivity index (χ1n) is 13.5. The van der Waals surface area contributed by atoms with Gasteiger partial charge in [-0.3, -0.25) is 0 Å². The standard InChI is InChI=1S/C36H36Si/c1-23-11-7-13-27(19-23)31-17-9-15-29-21-25(3)35(33(29)31)37(5,6)36-26(4)22-30-16-10-18-32(34(30)36)28-14-8-12-24(2)20-28/h7-20H,21-22H2,1-6H3. The highest BCUT2D eigenvalue weighted by Crippen LogP contribution is 2.52. The molecule has 0 spiro atoms. The third-order valence-electron chi connectivity index (χ3n) is 8.47. The Morgan fingerprint density at radius 1 is 0.514 bits per heavy atom. The van der Waals surface area contributed by atoms with Gasteiger partial charge in [-0.1, -0.05) is 120 Å². The van der Waals surface area contributed by atoms with E-state index in [0.29, 0.717) is 0 Å². The van der Waals surface area contributed by atoms with Crippen molar-refractivity contribution in [3.8, 4) is 22.3 Å². The van der Waals surface area contributed by atoms with Crippen molar-refractivity contribution >= 4 is 18.5 Å². The van der Waals surface area contributed by atoms with Crippen LogP contribution in [0.4, 0.5) is 0 Å². The Hall–Kier alpha value is -3.42. The quantitative estimate of drug-likeness (QED) is 0.247. The zero-order valence-electron chi connectivity index (χ0n) is 23.0. The molecule has 2 aliphatic carbocycles. The van der Waals surface area contributed by atoms with Gasteiger partial charge in [0.1, 0.15) is 8.07 Å². The second-order valence-electron chi connectivity index (χ2n) is 11.7. The molecule has 0 saturated carbocycles. The zero-order chi connectivity index (χ0) is 25.9. The number of fused-ring (bicyclic) bond motifs is 2. The minimum absolute atomic E-state index is 1.07. The summed E-state index contributed by atoms with van der Waals surface area (Å²) >= 11 is 0. The van der Waals surface area contributed by atoms with Crippen LogP contribution in [0.25, 0.3) is 32.6 Å². The van der Waals surface area contributed by atoms with Crippen molar-refractivity contribution < 1.29 is 0 Å². The van der Waals surface area contributed by atoms with Crippen LogP contribution in [0.2, 0.25) is 13.1 Å². The van der Waals surface area contributed by atoms with Crippen molar-refractivity contribution in [2.24, 2.45) is 0 Å². The van der Waals surface area contributed by atoms with Crippen LogP contribution in [0, 0.1) is 13.8 Å². The van der Waals surface area contributed by atoms with Crippen LogP contribution < -0.4 is 0 Å². The Labute approximate surface area is 223 Å². The van der Waals surface area contributed by atoms with Crippen LogP contribution in [-0.2, 0) is 12.8 Å². The van der Waals surface area contributed by atoms with Gasteiger partial charge < -0.3 is 0 Å². The van der Waals surface area contributed by atoms with Crippen LogP contribution in [0.15, 0.2) is 96.1 Å². The van der Waals surface area contributed by atoms with Gasteiger partial charge in [0.15, 0.2) is 0 Å². The topological polar surface area (TPSA) is 0 Å². The molecule has 0 bridgehead atoms. The molecule has 0 fully saturated rings. The molecule has 0 unspecified atom stereocenters. The summed E-state index contributed by atoms with van der Waals surface area (Å²) in [5, 5.41) is 3.31. The maximum Gasteiger partial charge on any atom is 0.113 e. The Bertz CT molecular complexity index is 1510. The molecule has 0 radical (unpaired) electrons. The Morgan fingerprint density at radius 3 is 1.32 bits per heavy atom. The monoisotopic (exact) mass is 496 g/mol. The van der Waals surface area contributed by atoms with E-state index in [-0.39, 0.29) is 0 Å². The molecule has 37 heavy (non-hydrogen) atoms. The van der Waals surface area contributed by atoms with Crippen LogP contribution in [-0.4, -0.2) is 8.07 Å². The van der Waals surface area contributed by atoms with E-state index in [2.05, 4.69) is 126 Å². The SMILES string of the molecule is CC1=C([Si](C)(C)C2=C(C)Cc3cccc(-c4cccc(C)c4)c32)c2c(cccc2-c2cccc(C)c2)C1. The molecule has 6 rings (SSSR count). The van der Waals surface area contributed by atoms with E-state index in [1.807, 2.05) is 0 Å². The Kier molecular flexibility index (Phi) is 5.73. The number of hydrogen-bond donors (Lipinski definition) is 0. The summed E-state index contributed by atoms with van der Waals surface area (Å²) in [5.41, 5.74) is 17.3. The molecule has 4 aromatic rings. The Balaban J connectivity index is 1.56. The molecule has 4 aromatic carbocycles. The van der Waals surface area contributed by atoms with Crippen molar-refractivity contribution in [3.63, 3.8) is 0 Å². The lowest BCUT2D eigenvalue weighted by molar-refractivity contribution is 1.19. The summed E-state index contributed by atoms with van der Waals surface area (Å²) < 4.78 is 0. The summed E-state index contributed by atoms with van der Waals surface area (Å²) in [6.07, 6.45) is 2.14. The molecule has 0 nitrogen and oxygen atoms in total. The normalized spacial score (nSPS) is 14.9. The van der Waals surface area contributed by atoms with Crippen molar-refractivity contribution in [3.05, 3.63) is 129 Å². The van der Waals surface area contributed by atoms with Gasteiger partial charge in [0.05, 0.1) is 0 Å². The number of aryl methyl sites for hydroxylation is 2. The molecule has 0 atom stereocenters. The minimum atomic E-state index is -2.06. The summed E-state index contributed by atoms with van der Waals surface area (Å²) in [4.78, 5) is 0. The fraction of sp³-hybridized carbons (Fsp3) is 0.222. The third-order valence-corrected chi connectivity index (χ3v) is 12.3. The molecule has 0 N–H and O–H groups in total. The van der Waals surface area contributed by atoms with Gasteiger partial charge in [0, 0.05) is 0 Å². The third kappa shape index (κ3) is 3.88. The second kappa shape index (κ2) is 8.85. The van der Waals surface area contributed by atoms with E-state index in [9.17, 15) is 0 Å². The fourth-order valence-corrected chi connectivity index (χ4v) is 11.6. The van der Waals surface area contributed by atoms with E-state index in [0.717, 1.165) is 12.8 Å². The highest BCUT2D eigenvalue weighted by Gasteiger charge is 2.42. The maximum atomic E-state index is 2.61. The van der Waals surface area contributed by atoms with Crippen molar-refractivity contribution in [1.29, 1.82) is 0 Å². The second-order valence-corrected chi connectivity index (χ2v) is 16.0. The van der Waals surface area contributed by atoms with Crippen LogP contribution in [0.1, 0.15) is 47.2 Å². The molecular formula is C36H36Si.